The lowest BCUT2D eigenvalue weighted by Crippen LogP contribution is -1.87. The molecule has 0 fully saturated rings. The predicted molar refractivity (Wildman–Crippen MR) is 34.3 cm³/mol. The van der Waals surface area contributed by atoms with Gasteiger partial charge in [-0.25, -0.2) is 0 Å². The van der Waals surface area contributed by atoms with E-state index in [4.69, 9.17) is 5.73 Å². The quantitative estimate of drug-likeness (QED) is 0.554. The van der Waals surface area contributed by atoms with E-state index >= 15 is 0 Å². The number of anilines is 1. The summed E-state index contributed by atoms with van der Waals surface area (Å²) in [5, 5.41) is 0. The maximum atomic E-state index is 5.48. The maximum absolute atomic E-state index is 5.48. The Kier molecular flexibility index (Phi) is 1.24. The lowest BCUT2D eigenvalue weighted by molar-refractivity contribution is 1.16. The molecule has 1 heterocycles. The number of nitrogen functional groups attached to an aromatic ring is 1. The molecule has 0 bridgehead atoms. The molecule has 0 amide bonds. The third-order valence-electron chi connectivity index (χ3n) is 1.12. The summed E-state index contributed by atoms with van der Waals surface area (Å²) < 4.78 is 0. The zero-order valence-corrected chi connectivity index (χ0v) is 4.65. The van der Waals surface area contributed by atoms with E-state index < -0.39 is 0 Å². The Morgan fingerprint density at radius 3 is 2.75 bits per heavy atom. The predicted octanol–water partition coefficient (Wildman–Crippen LogP) is 0.973. The normalized spacial score (nSPS) is 9.62. The Hall–Kier alpha value is -0.920. The van der Waals surface area contributed by atoms with Crippen molar-refractivity contribution < 1.29 is 0 Å². The van der Waals surface area contributed by atoms with Crippen molar-refractivity contribution >= 4 is 5.69 Å². The number of aromatic amines is 1. The SMILES string of the molecule is [CH2]Cc1[nH]ccc1N. The Labute approximate surface area is 48.7 Å². The molecule has 2 nitrogen and oxygen atoms in total. The van der Waals surface area contributed by atoms with Crippen LogP contribution in [0.15, 0.2) is 12.3 Å². The van der Waals surface area contributed by atoms with Gasteiger partial charge in [0.15, 0.2) is 0 Å². The molecule has 0 aromatic carbocycles. The minimum Gasteiger partial charge on any atom is -0.397 e. The van der Waals surface area contributed by atoms with Crippen LogP contribution in [0.2, 0.25) is 0 Å². The van der Waals surface area contributed by atoms with E-state index in [-0.39, 0.29) is 0 Å². The average molecular weight is 109 g/mol. The number of H-pyrrole nitrogens is 1. The first kappa shape index (κ1) is 5.22. The van der Waals surface area contributed by atoms with Crippen molar-refractivity contribution in [2.75, 3.05) is 5.73 Å². The van der Waals surface area contributed by atoms with Crippen LogP contribution in [0.4, 0.5) is 5.69 Å². The van der Waals surface area contributed by atoms with E-state index in [1.165, 1.54) is 0 Å². The summed E-state index contributed by atoms with van der Waals surface area (Å²) in [5.74, 6) is 0. The molecule has 3 N–H and O–H groups in total. The number of hydrogen-bond acceptors (Lipinski definition) is 1. The molecule has 1 aromatic rings. The van der Waals surface area contributed by atoms with Gasteiger partial charge >= 0.3 is 0 Å². The van der Waals surface area contributed by atoms with Crippen molar-refractivity contribution in [1.82, 2.24) is 4.98 Å². The molecule has 0 saturated carbocycles. The minimum absolute atomic E-state index is 0.735. The van der Waals surface area contributed by atoms with Crippen LogP contribution in [-0.2, 0) is 6.42 Å². The summed E-state index contributed by atoms with van der Waals surface area (Å²) in [5.41, 5.74) is 7.30. The lowest BCUT2D eigenvalue weighted by Gasteiger charge is -1.89. The first-order chi connectivity index (χ1) is 3.84. The average Bonchev–Trinajstić information content (AvgIpc) is 2.14. The molecule has 2 heteroatoms. The standard InChI is InChI=1S/C6H9N2/c1-2-6-5(7)3-4-8-6/h3-4,8H,1-2,7H2. The third-order valence-corrected chi connectivity index (χ3v) is 1.12. The number of rotatable bonds is 1. The van der Waals surface area contributed by atoms with Gasteiger partial charge in [0.05, 0.1) is 5.69 Å². The minimum atomic E-state index is 0.735. The van der Waals surface area contributed by atoms with Gasteiger partial charge in [0.25, 0.3) is 0 Å². The molecule has 43 valence electrons. The van der Waals surface area contributed by atoms with Gasteiger partial charge in [-0.2, -0.15) is 0 Å². The van der Waals surface area contributed by atoms with Gasteiger partial charge < -0.3 is 10.7 Å². The van der Waals surface area contributed by atoms with Crippen molar-refractivity contribution in [3.05, 3.63) is 24.9 Å². The van der Waals surface area contributed by atoms with Crippen LogP contribution in [0.3, 0.4) is 0 Å². The van der Waals surface area contributed by atoms with Crippen LogP contribution in [0.5, 0.6) is 0 Å². The summed E-state index contributed by atoms with van der Waals surface area (Å²) in [6, 6.07) is 1.83. The second-order valence-electron chi connectivity index (χ2n) is 1.66. The Morgan fingerprint density at radius 1 is 1.75 bits per heavy atom. The second kappa shape index (κ2) is 1.90. The van der Waals surface area contributed by atoms with E-state index in [2.05, 4.69) is 11.9 Å². The zero-order chi connectivity index (χ0) is 5.98. The second-order valence-corrected chi connectivity index (χ2v) is 1.66. The zero-order valence-electron chi connectivity index (χ0n) is 4.65. The highest BCUT2D eigenvalue weighted by molar-refractivity contribution is 5.42. The van der Waals surface area contributed by atoms with Gasteiger partial charge in [-0.3, -0.25) is 0 Å². The van der Waals surface area contributed by atoms with Crippen molar-refractivity contribution in [2.45, 2.75) is 6.42 Å². The summed E-state index contributed by atoms with van der Waals surface area (Å²) in [7, 11) is 0. The monoisotopic (exact) mass is 109 g/mol. The summed E-state index contributed by atoms with van der Waals surface area (Å²) in [6.45, 7) is 3.68. The lowest BCUT2D eigenvalue weighted by atomic mass is 10.3. The molecule has 0 spiro atoms. The summed E-state index contributed by atoms with van der Waals surface area (Å²) >= 11 is 0. The molecule has 0 atom stereocenters. The number of aromatic nitrogens is 1. The van der Waals surface area contributed by atoms with Crippen LogP contribution in [0.1, 0.15) is 5.69 Å². The first-order valence-electron chi connectivity index (χ1n) is 2.55. The van der Waals surface area contributed by atoms with Crippen molar-refractivity contribution in [3.63, 3.8) is 0 Å². The Bertz CT molecular complexity index is 167. The topological polar surface area (TPSA) is 41.8 Å². The Morgan fingerprint density at radius 2 is 2.50 bits per heavy atom. The van der Waals surface area contributed by atoms with Crippen LogP contribution in [0.25, 0.3) is 0 Å². The van der Waals surface area contributed by atoms with Crippen molar-refractivity contribution in [3.8, 4) is 0 Å². The highest BCUT2D eigenvalue weighted by Crippen LogP contribution is 2.07. The Balaban J connectivity index is 2.92. The fourth-order valence-corrected chi connectivity index (χ4v) is 0.632. The number of hydrogen-bond donors (Lipinski definition) is 2. The van der Waals surface area contributed by atoms with Crippen LogP contribution < -0.4 is 5.73 Å². The largest absolute Gasteiger partial charge is 0.397 e. The molecular formula is C6H9N2. The van der Waals surface area contributed by atoms with Crippen LogP contribution in [-0.4, -0.2) is 4.98 Å². The van der Waals surface area contributed by atoms with Gasteiger partial charge in [-0.1, -0.05) is 0 Å². The van der Waals surface area contributed by atoms with Gasteiger partial charge in [0, 0.05) is 11.9 Å². The fourth-order valence-electron chi connectivity index (χ4n) is 0.632. The van der Waals surface area contributed by atoms with Gasteiger partial charge in [0.2, 0.25) is 0 Å². The van der Waals surface area contributed by atoms with E-state index in [0.717, 1.165) is 17.8 Å². The molecular weight excluding hydrogens is 100 g/mol. The molecule has 1 rings (SSSR count). The van der Waals surface area contributed by atoms with E-state index in [1.807, 2.05) is 12.3 Å². The van der Waals surface area contributed by atoms with Gasteiger partial charge in [0.1, 0.15) is 0 Å². The number of nitrogens with one attached hydrogen (secondary N) is 1. The molecule has 1 radical (unpaired) electrons. The third kappa shape index (κ3) is 0.689. The van der Waals surface area contributed by atoms with Crippen LogP contribution in [0, 0.1) is 6.92 Å². The maximum Gasteiger partial charge on any atom is 0.0524 e. The molecule has 0 aliphatic rings. The fraction of sp³-hybridized carbons (Fsp3) is 0.167. The highest BCUT2D eigenvalue weighted by Gasteiger charge is 1.92. The van der Waals surface area contributed by atoms with E-state index in [0.29, 0.717) is 0 Å². The molecule has 0 aliphatic carbocycles. The van der Waals surface area contributed by atoms with Crippen molar-refractivity contribution in [2.24, 2.45) is 0 Å². The van der Waals surface area contributed by atoms with Gasteiger partial charge in [-0.15, -0.1) is 0 Å². The summed E-state index contributed by atoms with van der Waals surface area (Å²) in [6.07, 6.45) is 2.55. The smallest absolute Gasteiger partial charge is 0.0524 e. The van der Waals surface area contributed by atoms with Gasteiger partial charge in [-0.05, 0) is 19.4 Å². The summed E-state index contributed by atoms with van der Waals surface area (Å²) in [4.78, 5) is 2.97. The van der Waals surface area contributed by atoms with Crippen molar-refractivity contribution in [1.29, 1.82) is 0 Å². The van der Waals surface area contributed by atoms with E-state index in [9.17, 15) is 0 Å². The van der Waals surface area contributed by atoms with Crippen LogP contribution >= 0.6 is 0 Å². The molecule has 0 aliphatic heterocycles. The molecule has 1 aromatic heterocycles. The number of nitrogens with two attached hydrogens (primary N) is 1. The first-order valence-corrected chi connectivity index (χ1v) is 2.55. The van der Waals surface area contributed by atoms with E-state index in [1.54, 1.807) is 0 Å². The highest BCUT2D eigenvalue weighted by atomic mass is 14.7. The molecule has 0 unspecified atom stereocenters. The molecule has 0 saturated heterocycles. The molecule has 8 heavy (non-hydrogen) atoms.